The van der Waals surface area contributed by atoms with E-state index in [4.69, 9.17) is 0 Å². The summed E-state index contributed by atoms with van der Waals surface area (Å²) in [6.45, 7) is 3.46. The van der Waals surface area contributed by atoms with Crippen molar-refractivity contribution in [1.29, 1.82) is 0 Å². The molecule has 2 aliphatic heterocycles. The minimum atomic E-state index is -0.757. The number of para-hydroxylation sites is 2. The summed E-state index contributed by atoms with van der Waals surface area (Å²) in [5, 5.41) is 2.93. The second-order valence-corrected chi connectivity index (χ2v) is 8.68. The van der Waals surface area contributed by atoms with E-state index in [-0.39, 0.29) is 24.4 Å². The molecule has 1 saturated carbocycles. The third-order valence-corrected chi connectivity index (χ3v) is 6.81. The smallest absolute Gasteiger partial charge is 0.327 e. The second kappa shape index (κ2) is 8.26. The van der Waals surface area contributed by atoms with Crippen LogP contribution in [-0.2, 0) is 9.59 Å². The number of hydrogen-bond acceptors (Lipinski definition) is 5. The first-order valence-corrected chi connectivity index (χ1v) is 10.8. The van der Waals surface area contributed by atoms with Gasteiger partial charge >= 0.3 is 6.03 Å². The molecule has 1 N–H and O–H groups in total. The molecule has 0 aromatic heterocycles. The van der Waals surface area contributed by atoms with Crippen LogP contribution in [0.2, 0.25) is 0 Å². The van der Waals surface area contributed by atoms with Crippen LogP contribution in [0, 0.1) is 0 Å². The predicted octanol–water partition coefficient (Wildman–Crippen LogP) is 1.97. The Labute approximate surface area is 177 Å². The van der Waals surface area contributed by atoms with Crippen molar-refractivity contribution < 1.29 is 14.4 Å². The van der Waals surface area contributed by atoms with Crippen LogP contribution in [0.3, 0.4) is 0 Å². The van der Waals surface area contributed by atoms with Gasteiger partial charge in [0.1, 0.15) is 12.1 Å². The maximum Gasteiger partial charge on any atom is 0.327 e. The highest BCUT2D eigenvalue weighted by molar-refractivity contribution is 6.10. The number of amides is 4. The van der Waals surface area contributed by atoms with Gasteiger partial charge in [-0.15, -0.1) is 0 Å². The van der Waals surface area contributed by atoms with E-state index in [1.807, 2.05) is 24.3 Å². The number of piperazine rings is 1. The lowest BCUT2D eigenvalue weighted by atomic mass is 9.81. The van der Waals surface area contributed by atoms with Crippen LogP contribution in [0.25, 0.3) is 0 Å². The molecule has 0 bridgehead atoms. The van der Waals surface area contributed by atoms with Gasteiger partial charge in [0, 0.05) is 33.2 Å². The molecule has 8 heteroatoms. The molecule has 30 heavy (non-hydrogen) atoms. The maximum atomic E-state index is 13.1. The number of carbonyl (C=O) groups is 3. The Bertz CT molecular complexity index is 828. The molecule has 0 unspecified atom stereocenters. The lowest BCUT2D eigenvalue weighted by Gasteiger charge is -2.35. The molecule has 1 spiro atoms. The van der Waals surface area contributed by atoms with Gasteiger partial charge in [-0.2, -0.15) is 0 Å². The van der Waals surface area contributed by atoms with Crippen molar-refractivity contribution in [2.45, 2.75) is 37.6 Å². The summed E-state index contributed by atoms with van der Waals surface area (Å²) in [5.41, 5.74) is 0.929. The van der Waals surface area contributed by atoms with E-state index < -0.39 is 5.54 Å². The van der Waals surface area contributed by atoms with E-state index >= 15 is 0 Å². The first kappa shape index (κ1) is 20.7. The van der Waals surface area contributed by atoms with Gasteiger partial charge < -0.3 is 20.0 Å². The number of likely N-dealkylation sites (N-methyl/N-ethyl adjacent to an activating group) is 2. The van der Waals surface area contributed by atoms with E-state index in [0.717, 1.165) is 56.0 Å². The molecule has 2 saturated heterocycles. The molecule has 0 atom stereocenters. The van der Waals surface area contributed by atoms with Crippen molar-refractivity contribution in [1.82, 2.24) is 14.7 Å². The van der Waals surface area contributed by atoms with Crippen molar-refractivity contribution in [3.8, 4) is 0 Å². The van der Waals surface area contributed by atoms with Gasteiger partial charge in [-0.3, -0.25) is 14.5 Å². The highest BCUT2D eigenvalue weighted by Crippen LogP contribution is 2.39. The quantitative estimate of drug-likeness (QED) is 0.764. The number of nitrogens with one attached hydrogen (secondary N) is 1. The van der Waals surface area contributed by atoms with Crippen LogP contribution in [0.4, 0.5) is 16.2 Å². The number of imide groups is 1. The molecule has 162 valence electrons. The van der Waals surface area contributed by atoms with Crippen molar-refractivity contribution in [2.75, 3.05) is 57.0 Å². The minimum absolute atomic E-state index is 0.225. The Morgan fingerprint density at radius 3 is 2.37 bits per heavy atom. The molecule has 0 radical (unpaired) electrons. The molecule has 3 fully saturated rings. The summed E-state index contributed by atoms with van der Waals surface area (Å²) in [7, 11) is 3.79. The fourth-order valence-corrected chi connectivity index (χ4v) is 4.91. The first-order chi connectivity index (χ1) is 14.4. The molecule has 8 nitrogen and oxygen atoms in total. The molecule has 4 amide bonds. The Morgan fingerprint density at radius 1 is 1.00 bits per heavy atom. The second-order valence-electron chi connectivity index (χ2n) is 8.68. The molecule has 3 aliphatic rings. The Morgan fingerprint density at radius 2 is 1.67 bits per heavy atom. The molecular weight excluding hydrogens is 382 g/mol. The molecule has 2 heterocycles. The zero-order chi connectivity index (χ0) is 21.3. The average molecular weight is 414 g/mol. The molecule has 1 aromatic rings. The topological polar surface area (TPSA) is 76.2 Å². The highest BCUT2D eigenvalue weighted by Gasteiger charge is 2.55. The lowest BCUT2D eigenvalue weighted by molar-refractivity contribution is -0.136. The van der Waals surface area contributed by atoms with Gasteiger partial charge in [0.25, 0.3) is 5.91 Å². The Kier molecular flexibility index (Phi) is 5.69. The summed E-state index contributed by atoms with van der Waals surface area (Å²) < 4.78 is 0. The van der Waals surface area contributed by atoms with E-state index in [9.17, 15) is 14.4 Å². The number of anilines is 2. The van der Waals surface area contributed by atoms with Crippen LogP contribution in [-0.4, -0.2) is 84.9 Å². The molecule has 4 rings (SSSR count). The van der Waals surface area contributed by atoms with Crippen molar-refractivity contribution >= 4 is 29.2 Å². The SMILES string of the molecule is CN1CCN(c2ccccc2NC(=O)CN2C(=O)N(C)C3(CCCCC3)C2=O)CC1. The zero-order valence-electron chi connectivity index (χ0n) is 17.9. The number of hydrogen-bond donors (Lipinski definition) is 1. The summed E-state index contributed by atoms with van der Waals surface area (Å²) in [6.07, 6.45) is 4.31. The normalized spacial score (nSPS) is 22.1. The Balaban J connectivity index is 1.45. The fraction of sp³-hybridized carbons (Fsp3) is 0.591. The van der Waals surface area contributed by atoms with Gasteiger partial charge in [0.2, 0.25) is 5.91 Å². The Hall–Kier alpha value is -2.61. The van der Waals surface area contributed by atoms with Crippen LogP contribution in [0.5, 0.6) is 0 Å². The molecule has 1 aliphatic carbocycles. The minimum Gasteiger partial charge on any atom is -0.367 e. The standard InChI is InChI=1S/C22H31N5O3/c1-24-12-14-26(15-13-24)18-9-5-4-8-17(18)23-19(28)16-27-20(29)22(25(2)21(27)30)10-6-3-7-11-22/h4-5,8-9H,3,6-7,10-16H2,1-2H3,(H,23,28). The van der Waals surface area contributed by atoms with E-state index in [1.165, 1.54) is 0 Å². The summed E-state index contributed by atoms with van der Waals surface area (Å²) in [6, 6.07) is 7.33. The summed E-state index contributed by atoms with van der Waals surface area (Å²) >= 11 is 0. The van der Waals surface area contributed by atoms with Crippen molar-refractivity contribution in [3.05, 3.63) is 24.3 Å². The number of nitrogens with zero attached hydrogens (tertiary/aromatic N) is 4. The highest BCUT2D eigenvalue weighted by atomic mass is 16.2. The van der Waals surface area contributed by atoms with Gasteiger partial charge in [-0.25, -0.2) is 4.79 Å². The molecule has 1 aromatic carbocycles. The third-order valence-electron chi connectivity index (χ3n) is 6.81. The van der Waals surface area contributed by atoms with Gasteiger partial charge in [0.05, 0.1) is 11.4 Å². The van der Waals surface area contributed by atoms with Crippen molar-refractivity contribution in [2.24, 2.45) is 0 Å². The van der Waals surface area contributed by atoms with Crippen LogP contribution >= 0.6 is 0 Å². The van der Waals surface area contributed by atoms with Crippen LogP contribution < -0.4 is 10.2 Å². The predicted molar refractivity (Wildman–Crippen MR) is 115 cm³/mol. The summed E-state index contributed by atoms with van der Waals surface area (Å²) in [4.78, 5) is 45.9. The third kappa shape index (κ3) is 3.64. The van der Waals surface area contributed by atoms with E-state index in [0.29, 0.717) is 18.5 Å². The number of urea groups is 1. The maximum absolute atomic E-state index is 13.1. The van der Waals surface area contributed by atoms with Crippen LogP contribution in [0.15, 0.2) is 24.3 Å². The first-order valence-electron chi connectivity index (χ1n) is 10.8. The van der Waals surface area contributed by atoms with E-state index in [1.54, 1.807) is 11.9 Å². The van der Waals surface area contributed by atoms with E-state index in [2.05, 4.69) is 22.2 Å². The van der Waals surface area contributed by atoms with Gasteiger partial charge in [-0.1, -0.05) is 31.4 Å². The van der Waals surface area contributed by atoms with Crippen LogP contribution in [0.1, 0.15) is 32.1 Å². The van der Waals surface area contributed by atoms with Crippen molar-refractivity contribution in [3.63, 3.8) is 0 Å². The zero-order valence-corrected chi connectivity index (χ0v) is 17.9. The number of rotatable bonds is 4. The fourth-order valence-electron chi connectivity index (χ4n) is 4.91. The summed E-state index contributed by atoms with van der Waals surface area (Å²) in [5.74, 6) is -0.572. The monoisotopic (exact) mass is 413 g/mol. The molecular formula is C22H31N5O3. The number of benzene rings is 1. The number of carbonyl (C=O) groups excluding carboxylic acids is 3. The lowest BCUT2D eigenvalue weighted by Crippen LogP contribution is -2.49. The van der Waals surface area contributed by atoms with Gasteiger partial charge in [0.15, 0.2) is 0 Å². The van der Waals surface area contributed by atoms with Gasteiger partial charge in [-0.05, 0) is 32.0 Å². The largest absolute Gasteiger partial charge is 0.367 e. The average Bonchev–Trinajstić information content (AvgIpc) is 2.92.